The van der Waals surface area contributed by atoms with Gasteiger partial charge in [0.2, 0.25) is 5.76 Å². The summed E-state index contributed by atoms with van der Waals surface area (Å²) in [6.45, 7) is 3.54. The van der Waals surface area contributed by atoms with Crippen LogP contribution in [0.3, 0.4) is 0 Å². The largest absolute Gasteiger partial charge is 0.442 e. The van der Waals surface area contributed by atoms with Crippen LogP contribution < -0.4 is 9.57 Å². The maximum absolute atomic E-state index is 12.3. The number of halogens is 1. The normalized spacial score (nSPS) is 11.9. The Morgan fingerprint density at radius 3 is 2.28 bits per heavy atom. The highest BCUT2D eigenvalue weighted by Crippen LogP contribution is 2.18. The summed E-state index contributed by atoms with van der Waals surface area (Å²) in [6, 6.07) is 16.1. The molecule has 0 fully saturated rings. The topological polar surface area (TPSA) is 98.0 Å². The van der Waals surface area contributed by atoms with E-state index in [1.54, 1.807) is 49.4 Å². The van der Waals surface area contributed by atoms with E-state index in [4.69, 9.17) is 9.15 Å². The first-order valence-corrected chi connectivity index (χ1v) is 10.7. The van der Waals surface area contributed by atoms with Gasteiger partial charge in [-0.05, 0) is 83.9 Å². The predicted molar refractivity (Wildman–Crippen MR) is 112 cm³/mol. The van der Waals surface area contributed by atoms with Gasteiger partial charge in [0.1, 0.15) is 5.75 Å². The second kappa shape index (κ2) is 8.62. The molecular formula is C20H17BrN2O5S. The van der Waals surface area contributed by atoms with Crippen LogP contribution in [0.25, 0.3) is 0 Å². The van der Waals surface area contributed by atoms with Gasteiger partial charge in [0, 0.05) is 0 Å². The number of aryl methyl sites for hydroxylation is 1. The van der Waals surface area contributed by atoms with Crippen LogP contribution in [0.15, 0.2) is 79.7 Å². The van der Waals surface area contributed by atoms with Crippen molar-refractivity contribution in [1.29, 1.82) is 0 Å². The molecule has 0 radical (unpaired) electrons. The number of nitrogens with zero attached hydrogens (tertiary/aromatic N) is 1. The number of nitrogens with one attached hydrogen (secondary N) is 1. The number of hydrogen-bond donors (Lipinski definition) is 1. The lowest BCUT2D eigenvalue weighted by atomic mass is 10.1. The average Bonchev–Trinajstić information content (AvgIpc) is 3.14. The molecule has 1 aromatic heterocycles. The highest BCUT2D eigenvalue weighted by Gasteiger charge is 2.14. The van der Waals surface area contributed by atoms with Gasteiger partial charge in [-0.1, -0.05) is 17.7 Å². The van der Waals surface area contributed by atoms with Gasteiger partial charge in [0.25, 0.3) is 10.0 Å². The molecule has 0 aliphatic carbocycles. The maximum Gasteiger partial charge on any atom is 0.379 e. The van der Waals surface area contributed by atoms with Gasteiger partial charge >= 0.3 is 5.97 Å². The molecule has 2 aromatic carbocycles. The number of carbonyl (C=O) groups excluding carboxylic acids is 1. The van der Waals surface area contributed by atoms with E-state index < -0.39 is 16.0 Å². The first kappa shape index (κ1) is 20.8. The van der Waals surface area contributed by atoms with Crippen LogP contribution in [0.5, 0.6) is 5.75 Å². The Hall–Kier alpha value is -2.91. The van der Waals surface area contributed by atoms with E-state index in [-0.39, 0.29) is 10.7 Å². The number of benzene rings is 2. The number of sulfonamides is 1. The summed E-state index contributed by atoms with van der Waals surface area (Å²) < 4.78 is 35.4. The Labute approximate surface area is 176 Å². The molecule has 0 aliphatic rings. The van der Waals surface area contributed by atoms with Crippen LogP contribution >= 0.6 is 15.9 Å². The lowest BCUT2D eigenvalue weighted by Crippen LogP contribution is -2.20. The van der Waals surface area contributed by atoms with Crippen LogP contribution in [0.4, 0.5) is 0 Å². The Morgan fingerprint density at radius 2 is 1.69 bits per heavy atom. The van der Waals surface area contributed by atoms with E-state index >= 15 is 0 Å². The molecule has 29 heavy (non-hydrogen) atoms. The molecule has 0 saturated carbocycles. The molecule has 0 unspecified atom stereocenters. The highest BCUT2D eigenvalue weighted by molar-refractivity contribution is 9.10. The number of rotatable bonds is 6. The number of esters is 1. The lowest BCUT2D eigenvalue weighted by molar-refractivity contribution is 0.0700. The molecule has 0 spiro atoms. The van der Waals surface area contributed by atoms with Gasteiger partial charge in [-0.25, -0.2) is 4.79 Å². The first-order valence-electron chi connectivity index (χ1n) is 8.45. The Kier molecular flexibility index (Phi) is 6.19. The van der Waals surface area contributed by atoms with E-state index in [1.165, 1.54) is 18.2 Å². The van der Waals surface area contributed by atoms with Crippen molar-refractivity contribution >= 4 is 37.6 Å². The zero-order valence-electron chi connectivity index (χ0n) is 15.5. The van der Waals surface area contributed by atoms with E-state index in [0.717, 1.165) is 5.56 Å². The SMILES string of the molecule is CC(=NNS(=O)(=O)c1ccc(C)cc1)c1ccc(OC(=O)c2ccc(Br)o2)cc1. The number of ether oxygens (including phenoxy) is 1. The van der Waals surface area contributed by atoms with E-state index in [0.29, 0.717) is 21.7 Å². The van der Waals surface area contributed by atoms with Gasteiger partial charge in [0.05, 0.1) is 10.6 Å². The van der Waals surface area contributed by atoms with Crippen molar-refractivity contribution < 1.29 is 22.4 Å². The molecule has 0 saturated heterocycles. The zero-order valence-corrected chi connectivity index (χ0v) is 18.0. The zero-order chi connectivity index (χ0) is 21.0. The van der Waals surface area contributed by atoms with Gasteiger partial charge in [-0.15, -0.1) is 0 Å². The third-order valence-electron chi connectivity index (χ3n) is 3.92. The molecule has 9 heteroatoms. The lowest BCUT2D eigenvalue weighted by Gasteiger charge is -2.07. The highest BCUT2D eigenvalue weighted by atomic mass is 79.9. The Bertz CT molecular complexity index is 1150. The number of furan rings is 1. The summed E-state index contributed by atoms with van der Waals surface area (Å²) in [4.78, 5) is 14.3. The molecule has 0 amide bonds. The predicted octanol–water partition coefficient (Wildman–Crippen LogP) is 4.27. The van der Waals surface area contributed by atoms with Crippen LogP contribution in [-0.4, -0.2) is 20.1 Å². The first-order chi connectivity index (χ1) is 13.7. The van der Waals surface area contributed by atoms with Crippen molar-refractivity contribution in [1.82, 2.24) is 4.83 Å². The van der Waals surface area contributed by atoms with Crippen molar-refractivity contribution in [3.8, 4) is 5.75 Å². The van der Waals surface area contributed by atoms with Gasteiger partial charge in [-0.2, -0.15) is 18.4 Å². The summed E-state index contributed by atoms with van der Waals surface area (Å²) >= 11 is 3.12. The number of hydrazone groups is 1. The molecule has 0 bridgehead atoms. The maximum atomic E-state index is 12.3. The summed E-state index contributed by atoms with van der Waals surface area (Å²) in [7, 11) is -3.75. The third kappa shape index (κ3) is 5.33. The second-order valence-electron chi connectivity index (χ2n) is 6.12. The van der Waals surface area contributed by atoms with Crippen molar-refractivity contribution in [3.63, 3.8) is 0 Å². The summed E-state index contributed by atoms with van der Waals surface area (Å²) in [5.74, 6) is -0.233. The minimum atomic E-state index is -3.75. The van der Waals surface area contributed by atoms with Crippen molar-refractivity contribution in [3.05, 3.63) is 82.2 Å². The van der Waals surface area contributed by atoms with E-state index in [9.17, 15) is 13.2 Å². The summed E-state index contributed by atoms with van der Waals surface area (Å²) in [6.07, 6.45) is 0. The van der Waals surface area contributed by atoms with Crippen molar-refractivity contribution in [2.45, 2.75) is 18.7 Å². The van der Waals surface area contributed by atoms with Crippen LogP contribution in [0, 0.1) is 6.92 Å². The van der Waals surface area contributed by atoms with Gasteiger partial charge < -0.3 is 9.15 Å². The smallest absolute Gasteiger partial charge is 0.379 e. The Balaban J connectivity index is 1.67. The number of hydrogen-bond acceptors (Lipinski definition) is 6. The molecule has 0 atom stereocenters. The minimum absolute atomic E-state index is 0.0733. The summed E-state index contributed by atoms with van der Waals surface area (Å²) in [5, 5.41) is 3.96. The second-order valence-corrected chi connectivity index (χ2v) is 8.57. The average molecular weight is 477 g/mol. The van der Waals surface area contributed by atoms with Gasteiger partial charge in [0.15, 0.2) is 4.67 Å². The fraction of sp³-hybridized carbons (Fsp3) is 0.100. The van der Waals surface area contributed by atoms with Crippen molar-refractivity contribution in [2.75, 3.05) is 0 Å². The fourth-order valence-corrected chi connectivity index (χ4v) is 3.47. The molecule has 1 N–H and O–H groups in total. The van der Waals surface area contributed by atoms with Crippen molar-refractivity contribution in [2.24, 2.45) is 5.10 Å². The Morgan fingerprint density at radius 1 is 1.03 bits per heavy atom. The summed E-state index contributed by atoms with van der Waals surface area (Å²) in [5.41, 5.74) is 2.08. The molecule has 3 aromatic rings. The molecule has 7 nitrogen and oxygen atoms in total. The molecule has 0 aliphatic heterocycles. The number of carbonyl (C=O) groups is 1. The standard InChI is InChI=1S/C20H17BrN2O5S/c1-13-3-9-17(10-4-13)29(25,26)23-22-14(2)15-5-7-16(8-6-15)27-20(24)18-11-12-19(21)28-18/h3-12,23H,1-2H3. The fourth-order valence-electron chi connectivity index (χ4n) is 2.31. The molecule has 3 rings (SSSR count). The van der Waals surface area contributed by atoms with E-state index in [2.05, 4.69) is 25.9 Å². The minimum Gasteiger partial charge on any atom is -0.442 e. The third-order valence-corrected chi connectivity index (χ3v) is 5.57. The molecular weight excluding hydrogens is 460 g/mol. The van der Waals surface area contributed by atoms with Crippen LogP contribution in [-0.2, 0) is 10.0 Å². The van der Waals surface area contributed by atoms with Gasteiger partial charge in [-0.3, -0.25) is 0 Å². The van der Waals surface area contributed by atoms with E-state index in [1.807, 2.05) is 6.92 Å². The molecule has 1 heterocycles. The quantitative estimate of drug-likeness (QED) is 0.248. The van der Waals surface area contributed by atoms with Crippen LogP contribution in [0.1, 0.15) is 28.6 Å². The monoisotopic (exact) mass is 476 g/mol. The van der Waals surface area contributed by atoms with Crippen LogP contribution in [0.2, 0.25) is 0 Å². The molecule has 150 valence electrons.